The van der Waals surface area contributed by atoms with Crippen LogP contribution in [0.25, 0.3) is 0 Å². The van der Waals surface area contributed by atoms with E-state index in [1.54, 1.807) is 11.9 Å². The van der Waals surface area contributed by atoms with Crippen LogP contribution >= 0.6 is 11.6 Å². The van der Waals surface area contributed by atoms with E-state index >= 15 is 0 Å². The Morgan fingerprint density at radius 3 is 2.64 bits per heavy atom. The number of alkyl halides is 1. The summed E-state index contributed by atoms with van der Waals surface area (Å²) in [6.07, 6.45) is 0. The number of rotatable bonds is 3. The largest absolute Gasteiger partial charge is 0.341 e. The van der Waals surface area contributed by atoms with Gasteiger partial charge in [-0.25, -0.2) is 0 Å². The Bertz CT molecular complexity index is 325. The zero-order valence-electron chi connectivity index (χ0n) is 8.46. The SMILES string of the molecule is Cc1ccccc1C(=O)N(C)CCCl. The van der Waals surface area contributed by atoms with Gasteiger partial charge in [-0.1, -0.05) is 18.2 Å². The molecule has 1 aromatic rings. The third-order valence-electron chi connectivity index (χ3n) is 2.14. The van der Waals surface area contributed by atoms with Crippen molar-refractivity contribution in [3.8, 4) is 0 Å². The Kier molecular flexibility index (Phi) is 3.96. The maximum Gasteiger partial charge on any atom is 0.253 e. The summed E-state index contributed by atoms with van der Waals surface area (Å²) in [6.45, 7) is 2.51. The van der Waals surface area contributed by atoms with Crippen LogP contribution in [0.15, 0.2) is 24.3 Å². The van der Waals surface area contributed by atoms with Gasteiger partial charge in [0, 0.05) is 25.0 Å². The van der Waals surface area contributed by atoms with E-state index in [2.05, 4.69) is 0 Å². The topological polar surface area (TPSA) is 20.3 Å². The van der Waals surface area contributed by atoms with Crippen LogP contribution in [0.5, 0.6) is 0 Å². The standard InChI is InChI=1S/C11H14ClNO/c1-9-5-3-4-6-10(9)11(14)13(2)8-7-12/h3-6H,7-8H2,1-2H3. The first-order chi connectivity index (χ1) is 6.66. The molecule has 0 aliphatic heterocycles. The molecule has 14 heavy (non-hydrogen) atoms. The predicted molar refractivity (Wildman–Crippen MR) is 58.9 cm³/mol. The van der Waals surface area contributed by atoms with Crippen molar-refractivity contribution in [3.05, 3.63) is 35.4 Å². The van der Waals surface area contributed by atoms with Crippen LogP contribution < -0.4 is 0 Å². The highest BCUT2D eigenvalue weighted by Gasteiger charge is 2.12. The number of aryl methyl sites for hydroxylation is 1. The summed E-state index contributed by atoms with van der Waals surface area (Å²) in [7, 11) is 1.76. The highest BCUT2D eigenvalue weighted by molar-refractivity contribution is 6.18. The molecule has 0 N–H and O–H groups in total. The van der Waals surface area contributed by atoms with Crippen LogP contribution in [0.1, 0.15) is 15.9 Å². The van der Waals surface area contributed by atoms with Crippen molar-refractivity contribution in [2.45, 2.75) is 6.92 Å². The van der Waals surface area contributed by atoms with Gasteiger partial charge in [0.25, 0.3) is 5.91 Å². The molecule has 0 fully saturated rings. The minimum atomic E-state index is 0.0313. The van der Waals surface area contributed by atoms with E-state index < -0.39 is 0 Å². The lowest BCUT2D eigenvalue weighted by atomic mass is 10.1. The maximum absolute atomic E-state index is 11.8. The molecule has 1 aromatic carbocycles. The number of amides is 1. The minimum absolute atomic E-state index is 0.0313. The number of hydrogen-bond donors (Lipinski definition) is 0. The van der Waals surface area contributed by atoms with Crippen LogP contribution in [0.2, 0.25) is 0 Å². The number of benzene rings is 1. The van der Waals surface area contributed by atoms with E-state index in [0.29, 0.717) is 12.4 Å². The quantitative estimate of drug-likeness (QED) is 0.703. The minimum Gasteiger partial charge on any atom is -0.341 e. The third kappa shape index (κ3) is 2.48. The average molecular weight is 212 g/mol. The van der Waals surface area contributed by atoms with E-state index in [4.69, 9.17) is 11.6 Å². The average Bonchev–Trinajstić information content (AvgIpc) is 2.18. The van der Waals surface area contributed by atoms with E-state index in [0.717, 1.165) is 11.1 Å². The summed E-state index contributed by atoms with van der Waals surface area (Å²) in [5.41, 5.74) is 1.75. The summed E-state index contributed by atoms with van der Waals surface area (Å²) in [6, 6.07) is 7.56. The highest BCUT2D eigenvalue weighted by Crippen LogP contribution is 2.09. The zero-order chi connectivity index (χ0) is 10.6. The molecule has 0 spiro atoms. The van der Waals surface area contributed by atoms with Gasteiger partial charge >= 0.3 is 0 Å². The number of nitrogens with zero attached hydrogens (tertiary/aromatic N) is 1. The van der Waals surface area contributed by atoms with Gasteiger partial charge in [-0.05, 0) is 18.6 Å². The van der Waals surface area contributed by atoms with Crippen LogP contribution in [-0.4, -0.2) is 30.3 Å². The molecule has 76 valence electrons. The van der Waals surface area contributed by atoms with Gasteiger partial charge in [0.1, 0.15) is 0 Å². The summed E-state index contributed by atoms with van der Waals surface area (Å²) in [5.74, 6) is 0.498. The number of carbonyl (C=O) groups is 1. The smallest absolute Gasteiger partial charge is 0.253 e. The van der Waals surface area contributed by atoms with Gasteiger partial charge in [0.2, 0.25) is 0 Å². The molecule has 1 rings (SSSR count). The third-order valence-corrected chi connectivity index (χ3v) is 2.31. The number of hydrogen-bond acceptors (Lipinski definition) is 1. The lowest BCUT2D eigenvalue weighted by molar-refractivity contribution is 0.0802. The van der Waals surface area contributed by atoms with Crippen LogP contribution in [-0.2, 0) is 0 Å². The van der Waals surface area contributed by atoms with Gasteiger partial charge in [-0.2, -0.15) is 0 Å². The van der Waals surface area contributed by atoms with Crippen molar-refractivity contribution in [1.29, 1.82) is 0 Å². The molecule has 0 radical (unpaired) electrons. The van der Waals surface area contributed by atoms with Crippen LogP contribution in [0.3, 0.4) is 0 Å². The molecule has 0 saturated carbocycles. The molecule has 0 aliphatic carbocycles. The monoisotopic (exact) mass is 211 g/mol. The molecule has 1 amide bonds. The van der Waals surface area contributed by atoms with Crippen molar-refractivity contribution in [3.63, 3.8) is 0 Å². The molecule has 0 aromatic heterocycles. The first kappa shape index (κ1) is 11.1. The second-order valence-corrected chi connectivity index (χ2v) is 3.61. The van der Waals surface area contributed by atoms with Crippen LogP contribution in [0.4, 0.5) is 0 Å². The van der Waals surface area contributed by atoms with Gasteiger partial charge in [0.15, 0.2) is 0 Å². The summed E-state index contributed by atoms with van der Waals surface area (Å²) in [4.78, 5) is 13.5. The second kappa shape index (κ2) is 5.01. The van der Waals surface area contributed by atoms with Gasteiger partial charge in [0.05, 0.1) is 0 Å². The highest BCUT2D eigenvalue weighted by atomic mass is 35.5. The first-order valence-corrected chi connectivity index (χ1v) is 5.07. The number of halogens is 1. The Labute approximate surface area is 89.5 Å². The fourth-order valence-electron chi connectivity index (χ4n) is 1.25. The number of carbonyl (C=O) groups excluding carboxylic acids is 1. The van der Waals surface area contributed by atoms with Gasteiger partial charge in [-0.3, -0.25) is 4.79 Å². The normalized spacial score (nSPS) is 9.93. The summed E-state index contributed by atoms with van der Waals surface area (Å²) < 4.78 is 0. The van der Waals surface area contributed by atoms with Crippen molar-refractivity contribution in [2.24, 2.45) is 0 Å². The van der Waals surface area contributed by atoms with Crippen molar-refractivity contribution in [2.75, 3.05) is 19.5 Å². The molecule has 0 atom stereocenters. The summed E-state index contributed by atoms with van der Waals surface area (Å²) >= 11 is 5.57. The molecule has 0 bridgehead atoms. The van der Waals surface area contributed by atoms with Crippen molar-refractivity contribution < 1.29 is 4.79 Å². The Balaban J connectivity index is 2.84. The Morgan fingerprint density at radius 2 is 2.07 bits per heavy atom. The molecule has 0 saturated heterocycles. The molecule has 0 heterocycles. The molecular formula is C11H14ClNO. The maximum atomic E-state index is 11.8. The lowest BCUT2D eigenvalue weighted by Crippen LogP contribution is -2.29. The predicted octanol–water partition coefficient (Wildman–Crippen LogP) is 2.31. The molecular weight excluding hydrogens is 198 g/mol. The fraction of sp³-hybridized carbons (Fsp3) is 0.364. The Hall–Kier alpha value is -1.02. The molecule has 2 nitrogen and oxygen atoms in total. The van der Waals surface area contributed by atoms with Crippen molar-refractivity contribution in [1.82, 2.24) is 4.90 Å². The van der Waals surface area contributed by atoms with Gasteiger partial charge < -0.3 is 4.90 Å². The summed E-state index contributed by atoms with van der Waals surface area (Å²) in [5, 5.41) is 0. The molecule has 0 aliphatic rings. The van der Waals surface area contributed by atoms with Crippen LogP contribution in [0, 0.1) is 6.92 Å². The van der Waals surface area contributed by atoms with Crippen molar-refractivity contribution >= 4 is 17.5 Å². The fourth-order valence-corrected chi connectivity index (χ4v) is 1.50. The van der Waals surface area contributed by atoms with Gasteiger partial charge in [-0.15, -0.1) is 11.6 Å². The molecule has 0 unspecified atom stereocenters. The second-order valence-electron chi connectivity index (χ2n) is 3.23. The Morgan fingerprint density at radius 1 is 1.43 bits per heavy atom. The first-order valence-electron chi connectivity index (χ1n) is 4.54. The van der Waals surface area contributed by atoms with E-state index in [9.17, 15) is 4.79 Å². The molecule has 3 heteroatoms. The van der Waals surface area contributed by atoms with E-state index in [1.807, 2.05) is 31.2 Å². The van der Waals surface area contributed by atoms with E-state index in [1.165, 1.54) is 0 Å². The van der Waals surface area contributed by atoms with E-state index in [-0.39, 0.29) is 5.91 Å². The zero-order valence-corrected chi connectivity index (χ0v) is 9.21. The lowest BCUT2D eigenvalue weighted by Gasteiger charge is -2.16.